The van der Waals surface area contributed by atoms with Crippen molar-refractivity contribution < 1.29 is 4.79 Å². The lowest BCUT2D eigenvalue weighted by molar-refractivity contribution is 0.0908. The number of rotatable bonds is 1. The third kappa shape index (κ3) is 4.87. The number of benzene rings is 1. The molecule has 2 rings (SSSR count). The second kappa shape index (κ2) is 6.59. The largest absolute Gasteiger partial charge is 0.345 e. The quantitative estimate of drug-likeness (QED) is 0.823. The molecule has 2 aromatic rings. The second-order valence-electron chi connectivity index (χ2n) is 5.76. The number of nitrogens with zero attached hydrogens (tertiary/aromatic N) is 2. The maximum Gasteiger partial charge on any atom is 0.289 e. The first kappa shape index (κ1) is 16.0. The van der Waals surface area contributed by atoms with Crippen LogP contribution in [0.3, 0.4) is 0 Å². The molecular weight excluding hydrogens is 298 g/mol. The molecule has 4 nitrogen and oxygen atoms in total. The SMILES string of the molecule is CC(C)(C)NC(=O)c1ncc(C#Cc2cccc(Cl)c2)cn1. The highest BCUT2D eigenvalue weighted by Crippen LogP contribution is 2.09. The molecule has 0 unspecified atom stereocenters. The van der Waals surface area contributed by atoms with Gasteiger partial charge >= 0.3 is 0 Å². The Labute approximate surface area is 134 Å². The normalized spacial score (nSPS) is 10.5. The number of nitrogens with one attached hydrogen (secondary N) is 1. The van der Waals surface area contributed by atoms with Crippen molar-refractivity contribution in [3.8, 4) is 11.8 Å². The highest BCUT2D eigenvalue weighted by molar-refractivity contribution is 6.30. The van der Waals surface area contributed by atoms with E-state index in [2.05, 4.69) is 27.1 Å². The first-order valence-electron chi connectivity index (χ1n) is 6.76. The molecule has 0 radical (unpaired) electrons. The van der Waals surface area contributed by atoms with Crippen molar-refractivity contribution in [1.82, 2.24) is 15.3 Å². The van der Waals surface area contributed by atoms with E-state index in [1.807, 2.05) is 32.9 Å². The van der Waals surface area contributed by atoms with Gasteiger partial charge in [0, 0.05) is 28.5 Å². The Morgan fingerprint density at radius 1 is 1.14 bits per heavy atom. The molecular formula is C17H16ClN3O. The molecule has 5 heteroatoms. The fraction of sp³-hybridized carbons (Fsp3) is 0.235. The van der Waals surface area contributed by atoms with Crippen LogP contribution in [0.5, 0.6) is 0 Å². The van der Waals surface area contributed by atoms with E-state index in [1.54, 1.807) is 12.1 Å². The Morgan fingerprint density at radius 2 is 1.77 bits per heavy atom. The molecule has 0 spiro atoms. The van der Waals surface area contributed by atoms with Crippen LogP contribution in [0, 0.1) is 11.8 Å². The molecule has 0 aliphatic heterocycles. The van der Waals surface area contributed by atoms with Crippen LogP contribution >= 0.6 is 11.6 Å². The highest BCUT2D eigenvalue weighted by Gasteiger charge is 2.16. The van der Waals surface area contributed by atoms with Crippen molar-refractivity contribution in [1.29, 1.82) is 0 Å². The van der Waals surface area contributed by atoms with E-state index in [0.717, 1.165) is 5.56 Å². The van der Waals surface area contributed by atoms with Gasteiger partial charge in [-0.1, -0.05) is 29.5 Å². The number of aromatic nitrogens is 2. The number of carbonyl (C=O) groups is 1. The lowest BCUT2D eigenvalue weighted by Crippen LogP contribution is -2.41. The molecule has 1 aromatic heterocycles. The smallest absolute Gasteiger partial charge is 0.289 e. The van der Waals surface area contributed by atoms with Gasteiger partial charge in [-0.25, -0.2) is 9.97 Å². The van der Waals surface area contributed by atoms with E-state index in [0.29, 0.717) is 10.6 Å². The lowest BCUT2D eigenvalue weighted by atomic mass is 10.1. The summed E-state index contributed by atoms with van der Waals surface area (Å²) < 4.78 is 0. The Bertz CT molecular complexity index is 737. The van der Waals surface area contributed by atoms with E-state index in [-0.39, 0.29) is 17.3 Å². The van der Waals surface area contributed by atoms with Gasteiger partial charge in [-0.2, -0.15) is 0 Å². The van der Waals surface area contributed by atoms with E-state index in [9.17, 15) is 4.79 Å². The molecule has 0 saturated heterocycles. The molecule has 0 bridgehead atoms. The standard InChI is InChI=1S/C17H16ClN3O/c1-17(2,3)21-16(22)15-19-10-13(11-20-15)8-7-12-5-4-6-14(18)9-12/h4-6,9-11H,1-3H3,(H,21,22). The van der Waals surface area contributed by atoms with E-state index < -0.39 is 0 Å². The second-order valence-corrected chi connectivity index (χ2v) is 6.20. The predicted octanol–water partition coefficient (Wildman–Crippen LogP) is 3.06. The third-order valence-corrected chi connectivity index (χ3v) is 2.75. The minimum Gasteiger partial charge on any atom is -0.345 e. The minimum absolute atomic E-state index is 0.128. The van der Waals surface area contributed by atoms with Crippen molar-refractivity contribution >= 4 is 17.5 Å². The van der Waals surface area contributed by atoms with Gasteiger partial charge in [0.05, 0.1) is 5.56 Å². The molecule has 1 heterocycles. The Kier molecular flexibility index (Phi) is 4.79. The number of hydrogen-bond donors (Lipinski definition) is 1. The van der Waals surface area contributed by atoms with Gasteiger partial charge in [-0.15, -0.1) is 0 Å². The fourth-order valence-corrected chi connectivity index (χ4v) is 1.81. The molecule has 1 N–H and O–H groups in total. The van der Waals surface area contributed by atoms with E-state index >= 15 is 0 Å². The number of hydrogen-bond acceptors (Lipinski definition) is 3. The first-order chi connectivity index (χ1) is 10.3. The molecule has 0 aliphatic rings. The van der Waals surface area contributed by atoms with E-state index in [1.165, 1.54) is 12.4 Å². The van der Waals surface area contributed by atoms with Crippen LogP contribution in [0.25, 0.3) is 0 Å². The van der Waals surface area contributed by atoms with Gasteiger partial charge in [0.15, 0.2) is 0 Å². The van der Waals surface area contributed by atoms with Crippen molar-refractivity contribution in [2.45, 2.75) is 26.3 Å². The highest BCUT2D eigenvalue weighted by atomic mass is 35.5. The topological polar surface area (TPSA) is 54.9 Å². The Hall–Kier alpha value is -2.38. The van der Waals surface area contributed by atoms with Gasteiger partial charge in [-0.05, 0) is 39.0 Å². The molecule has 1 amide bonds. The number of carbonyl (C=O) groups excluding carboxylic acids is 1. The van der Waals surface area contributed by atoms with Crippen LogP contribution in [-0.4, -0.2) is 21.4 Å². The van der Waals surface area contributed by atoms with Crippen LogP contribution in [0.1, 0.15) is 42.5 Å². The summed E-state index contributed by atoms with van der Waals surface area (Å²) in [5.41, 5.74) is 1.11. The van der Waals surface area contributed by atoms with Gasteiger partial charge in [0.25, 0.3) is 5.91 Å². The van der Waals surface area contributed by atoms with Crippen LogP contribution in [0.2, 0.25) is 5.02 Å². The summed E-state index contributed by atoms with van der Waals surface area (Å²) in [6, 6.07) is 7.27. The van der Waals surface area contributed by atoms with Gasteiger partial charge < -0.3 is 5.32 Å². The predicted molar refractivity (Wildman–Crippen MR) is 86.7 cm³/mol. The van der Waals surface area contributed by atoms with Gasteiger partial charge in [-0.3, -0.25) is 4.79 Å². The maximum absolute atomic E-state index is 11.9. The third-order valence-electron chi connectivity index (χ3n) is 2.52. The van der Waals surface area contributed by atoms with Crippen LogP contribution < -0.4 is 5.32 Å². The molecule has 112 valence electrons. The molecule has 0 aliphatic carbocycles. The maximum atomic E-state index is 11.9. The molecule has 0 fully saturated rings. The monoisotopic (exact) mass is 313 g/mol. The van der Waals surface area contributed by atoms with Crippen LogP contribution in [0.4, 0.5) is 0 Å². The summed E-state index contributed by atoms with van der Waals surface area (Å²) in [7, 11) is 0. The lowest BCUT2D eigenvalue weighted by Gasteiger charge is -2.19. The molecule has 1 aromatic carbocycles. The van der Waals surface area contributed by atoms with Crippen LogP contribution in [-0.2, 0) is 0 Å². The van der Waals surface area contributed by atoms with Crippen LogP contribution in [0.15, 0.2) is 36.7 Å². The zero-order valence-corrected chi connectivity index (χ0v) is 13.4. The van der Waals surface area contributed by atoms with Gasteiger partial charge in [0.2, 0.25) is 5.82 Å². The Balaban J connectivity index is 2.12. The Morgan fingerprint density at radius 3 is 2.36 bits per heavy atom. The minimum atomic E-state index is -0.328. The molecule has 0 atom stereocenters. The zero-order chi connectivity index (χ0) is 16.2. The summed E-state index contributed by atoms with van der Waals surface area (Å²) in [5, 5.41) is 3.44. The molecule has 0 saturated carbocycles. The first-order valence-corrected chi connectivity index (χ1v) is 7.13. The van der Waals surface area contributed by atoms with Crippen molar-refractivity contribution in [2.24, 2.45) is 0 Å². The zero-order valence-electron chi connectivity index (χ0n) is 12.6. The number of halogens is 1. The molecule has 22 heavy (non-hydrogen) atoms. The average Bonchev–Trinajstić information content (AvgIpc) is 2.44. The summed E-state index contributed by atoms with van der Waals surface area (Å²) in [4.78, 5) is 20.0. The number of amides is 1. The van der Waals surface area contributed by atoms with Crippen molar-refractivity contribution in [2.75, 3.05) is 0 Å². The fourth-order valence-electron chi connectivity index (χ4n) is 1.62. The average molecular weight is 314 g/mol. The summed E-state index contributed by atoms with van der Waals surface area (Å²) in [6.07, 6.45) is 3.06. The van der Waals surface area contributed by atoms with Crippen molar-refractivity contribution in [3.63, 3.8) is 0 Å². The van der Waals surface area contributed by atoms with E-state index in [4.69, 9.17) is 11.6 Å². The summed E-state index contributed by atoms with van der Waals surface area (Å²) >= 11 is 5.90. The summed E-state index contributed by atoms with van der Waals surface area (Å²) in [5.74, 6) is 5.74. The summed E-state index contributed by atoms with van der Waals surface area (Å²) in [6.45, 7) is 5.70. The van der Waals surface area contributed by atoms with Crippen molar-refractivity contribution in [3.05, 3.63) is 58.6 Å². The van der Waals surface area contributed by atoms with Gasteiger partial charge in [0.1, 0.15) is 0 Å².